The zero-order valence-corrected chi connectivity index (χ0v) is 21.2. The van der Waals surface area contributed by atoms with Crippen molar-refractivity contribution in [2.75, 3.05) is 31.9 Å². The van der Waals surface area contributed by atoms with E-state index in [9.17, 15) is 22.0 Å². The molecule has 4 rings (SSSR count). The van der Waals surface area contributed by atoms with Crippen molar-refractivity contribution in [3.63, 3.8) is 0 Å². The van der Waals surface area contributed by atoms with Crippen molar-refractivity contribution >= 4 is 48.1 Å². The predicted octanol–water partition coefficient (Wildman–Crippen LogP) is 4.23. The molecule has 8 nitrogen and oxygen atoms in total. The van der Waals surface area contributed by atoms with Crippen LogP contribution in [0.2, 0.25) is 0 Å². The molecule has 1 aromatic carbocycles. The lowest BCUT2D eigenvalue weighted by Gasteiger charge is -2.11. The number of nitrogens with one attached hydrogen (secondary N) is 1. The number of rotatable bonds is 9. The second-order valence-electron chi connectivity index (χ2n) is 8.43. The monoisotopic (exact) mass is 537 g/mol. The summed E-state index contributed by atoms with van der Waals surface area (Å²) in [5.74, 6) is -0.611. The average Bonchev–Trinajstić information content (AvgIpc) is 3.38. The molecule has 0 spiro atoms. The van der Waals surface area contributed by atoms with Crippen LogP contribution < -0.4 is 10.1 Å². The molecule has 0 aliphatic heterocycles. The number of hydrogen-bond acceptors (Lipinski definition) is 8. The van der Waals surface area contributed by atoms with E-state index in [0.717, 1.165) is 17.6 Å². The molecule has 3 aromatic rings. The van der Waals surface area contributed by atoms with Gasteiger partial charge >= 0.3 is 0 Å². The van der Waals surface area contributed by atoms with E-state index in [1.807, 2.05) is 0 Å². The Morgan fingerprint density at radius 2 is 1.81 bits per heavy atom. The van der Waals surface area contributed by atoms with Crippen LogP contribution in [0.15, 0.2) is 47.4 Å². The molecule has 0 bridgehead atoms. The zero-order chi connectivity index (χ0) is 25.9. The number of sulfone groups is 1. The van der Waals surface area contributed by atoms with Gasteiger partial charge in [-0.25, -0.2) is 27.2 Å². The number of fused-ring (bicyclic) bond motifs is 1. The maximum absolute atomic E-state index is 13.8. The molecule has 0 radical (unpaired) electrons. The minimum atomic E-state index is -3.43. The van der Waals surface area contributed by atoms with Gasteiger partial charge < -0.3 is 9.47 Å². The highest BCUT2D eigenvalue weighted by molar-refractivity contribution is 7.90. The summed E-state index contributed by atoms with van der Waals surface area (Å²) in [6.45, 7) is 0.752. The third-order valence-corrected chi connectivity index (χ3v) is 7.69. The molecule has 2 unspecified atom stereocenters. The van der Waals surface area contributed by atoms with Gasteiger partial charge in [0.2, 0.25) is 5.88 Å². The summed E-state index contributed by atoms with van der Waals surface area (Å²) in [7, 11) is -1.86. The zero-order valence-electron chi connectivity index (χ0n) is 19.6. The lowest BCUT2D eigenvalue weighted by Crippen LogP contribution is -2.14. The molecule has 0 saturated heterocycles. The molecule has 2 atom stereocenters. The molecule has 192 valence electrons. The lowest BCUT2D eigenvalue weighted by molar-refractivity contribution is -0.111. The number of allylic oxidation sites excluding steroid dienone is 1. The Kier molecular flexibility index (Phi) is 7.96. The number of thiazole rings is 1. The Morgan fingerprint density at radius 3 is 2.44 bits per heavy atom. The fourth-order valence-corrected chi connectivity index (χ4v) is 5.31. The van der Waals surface area contributed by atoms with E-state index in [0.29, 0.717) is 35.0 Å². The number of carbonyl (C=O) groups is 1. The Balaban J connectivity index is 1.59. The van der Waals surface area contributed by atoms with Gasteiger partial charge in [0, 0.05) is 25.0 Å². The van der Waals surface area contributed by atoms with Crippen LogP contribution in [0.25, 0.3) is 15.9 Å². The summed E-state index contributed by atoms with van der Waals surface area (Å²) < 4.78 is 61.7. The molecule has 12 heteroatoms. The van der Waals surface area contributed by atoms with Gasteiger partial charge in [0.05, 0.1) is 11.5 Å². The first-order valence-corrected chi connectivity index (χ1v) is 13.9. The van der Waals surface area contributed by atoms with Gasteiger partial charge in [-0.1, -0.05) is 29.5 Å². The SMILES string of the molecule is COCCOc1ccc2nc(NC(=O)/C(=C/C3CC(F)C(F)C3)c3ccc(S(C)(=O)=O)cc3)sc2n1. The van der Waals surface area contributed by atoms with Crippen LogP contribution in [-0.2, 0) is 19.4 Å². The van der Waals surface area contributed by atoms with Crippen molar-refractivity contribution < 1.29 is 31.5 Å². The molecule has 1 aliphatic rings. The van der Waals surface area contributed by atoms with Crippen LogP contribution in [-0.4, -0.2) is 63.2 Å². The number of carbonyl (C=O) groups excluding carboxylic acids is 1. The van der Waals surface area contributed by atoms with Crippen LogP contribution in [0.4, 0.5) is 13.9 Å². The minimum Gasteiger partial charge on any atom is -0.475 e. The minimum absolute atomic E-state index is 0.0315. The fourth-order valence-electron chi connectivity index (χ4n) is 3.85. The van der Waals surface area contributed by atoms with E-state index >= 15 is 0 Å². The summed E-state index contributed by atoms with van der Waals surface area (Å²) in [6.07, 6.45) is -0.601. The molecule has 1 saturated carbocycles. The molecule has 1 aliphatic carbocycles. The lowest BCUT2D eigenvalue weighted by atomic mass is 9.98. The van der Waals surface area contributed by atoms with E-state index in [-0.39, 0.29) is 28.4 Å². The predicted molar refractivity (Wildman–Crippen MR) is 133 cm³/mol. The van der Waals surface area contributed by atoms with Crippen LogP contribution >= 0.6 is 11.3 Å². The average molecular weight is 538 g/mol. The molecule has 2 heterocycles. The highest BCUT2D eigenvalue weighted by Gasteiger charge is 2.34. The normalized spacial score (nSPS) is 20.6. The number of hydrogen-bond donors (Lipinski definition) is 1. The number of halogens is 2. The quantitative estimate of drug-likeness (QED) is 0.322. The number of methoxy groups -OCH3 is 1. The summed E-state index contributed by atoms with van der Waals surface area (Å²) in [5.41, 5.74) is 1.16. The number of benzene rings is 1. The standard InChI is InChI=1S/C24H25F2N3O5S2/c1-33-9-10-34-21-8-7-20-23(28-21)35-24(27-20)29-22(30)17(11-14-12-18(25)19(26)13-14)15-3-5-16(6-4-15)36(2,31)32/h3-8,11,14,18-19H,9-10,12-13H2,1-2H3,(H,27,29,30)/b17-11+. The number of alkyl halides is 2. The Hall–Kier alpha value is -2.96. The topological polar surface area (TPSA) is 107 Å². The van der Waals surface area contributed by atoms with Crippen LogP contribution in [0.5, 0.6) is 5.88 Å². The second kappa shape index (κ2) is 11.0. The van der Waals surface area contributed by atoms with Crippen molar-refractivity contribution in [2.24, 2.45) is 5.92 Å². The van der Waals surface area contributed by atoms with Crippen molar-refractivity contribution in [1.82, 2.24) is 9.97 Å². The number of pyridine rings is 1. The maximum Gasteiger partial charge on any atom is 0.257 e. The molecule has 1 fully saturated rings. The van der Waals surface area contributed by atoms with E-state index in [1.165, 1.54) is 24.3 Å². The van der Waals surface area contributed by atoms with E-state index in [1.54, 1.807) is 25.3 Å². The summed E-state index contributed by atoms with van der Waals surface area (Å²) in [4.78, 5) is 22.7. The van der Waals surface area contributed by atoms with Crippen LogP contribution in [0.3, 0.4) is 0 Å². The number of aromatic nitrogens is 2. The molecular weight excluding hydrogens is 512 g/mol. The third kappa shape index (κ3) is 6.23. The van der Waals surface area contributed by atoms with E-state index in [4.69, 9.17) is 9.47 Å². The maximum atomic E-state index is 13.8. The smallest absolute Gasteiger partial charge is 0.257 e. The van der Waals surface area contributed by atoms with Crippen molar-refractivity contribution in [3.05, 3.63) is 48.0 Å². The first-order chi connectivity index (χ1) is 17.1. The first-order valence-electron chi connectivity index (χ1n) is 11.1. The number of ether oxygens (including phenoxy) is 2. The van der Waals surface area contributed by atoms with Gasteiger partial charge in [-0.15, -0.1) is 0 Å². The van der Waals surface area contributed by atoms with Gasteiger partial charge in [-0.2, -0.15) is 0 Å². The van der Waals surface area contributed by atoms with Gasteiger partial charge in [-0.3, -0.25) is 10.1 Å². The Labute approximate surface area is 211 Å². The Bertz CT molecular complexity index is 1370. The summed E-state index contributed by atoms with van der Waals surface area (Å²) >= 11 is 1.15. The molecular formula is C24H25F2N3O5S2. The summed E-state index contributed by atoms with van der Waals surface area (Å²) in [5, 5.41) is 3.02. The highest BCUT2D eigenvalue weighted by Crippen LogP contribution is 2.34. The largest absolute Gasteiger partial charge is 0.475 e. The number of anilines is 1. The summed E-state index contributed by atoms with van der Waals surface area (Å²) in [6, 6.07) is 9.17. The van der Waals surface area contributed by atoms with Crippen molar-refractivity contribution in [2.45, 2.75) is 30.1 Å². The van der Waals surface area contributed by atoms with Crippen molar-refractivity contribution in [1.29, 1.82) is 0 Å². The highest BCUT2D eigenvalue weighted by atomic mass is 32.2. The second-order valence-corrected chi connectivity index (χ2v) is 11.4. The fraction of sp³-hybridized carbons (Fsp3) is 0.375. The molecule has 36 heavy (non-hydrogen) atoms. The molecule has 2 aromatic heterocycles. The molecule has 1 N–H and O–H groups in total. The van der Waals surface area contributed by atoms with Gasteiger partial charge in [0.1, 0.15) is 29.3 Å². The molecule has 1 amide bonds. The van der Waals surface area contributed by atoms with Gasteiger partial charge in [-0.05, 0) is 42.5 Å². The van der Waals surface area contributed by atoms with E-state index < -0.39 is 34.0 Å². The number of amides is 1. The number of nitrogens with zero attached hydrogens (tertiary/aromatic N) is 2. The van der Waals surface area contributed by atoms with Crippen LogP contribution in [0, 0.1) is 5.92 Å². The van der Waals surface area contributed by atoms with Crippen LogP contribution in [0.1, 0.15) is 18.4 Å². The first kappa shape index (κ1) is 26.1. The van der Waals surface area contributed by atoms with Gasteiger partial charge in [0.25, 0.3) is 5.91 Å². The third-order valence-electron chi connectivity index (χ3n) is 5.68. The van der Waals surface area contributed by atoms with Crippen molar-refractivity contribution in [3.8, 4) is 5.88 Å². The van der Waals surface area contributed by atoms with E-state index in [2.05, 4.69) is 15.3 Å². The Morgan fingerprint density at radius 1 is 1.11 bits per heavy atom. The van der Waals surface area contributed by atoms with Gasteiger partial charge in [0.15, 0.2) is 15.0 Å².